The number of nitrogens with zero attached hydrogens (tertiary/aromatic N) is 2. The van der Waals surface area contributed by atoms with Crippen LogP contribution in [0.5, 0.6) is 0 Å². The Bertz CT molecular complexity index is 466. The van der Waals surface area contributed by atoms with Crippen LogP contribution in [0.15, 0.2) is 24.3 Å². The molecule has 1 heterocycles. The van der Waals surface area contributed by atoms with E-state index in [-0.39, 0.29) is 0 Å². The first-order chi connectivity index (χ1) is 7.79. The second-order valence-electron chi connectivity index (χ2n) is 3.90. The van der Waals surface area contributed by atoms with Gasteiger partial charge in [0.15, 0.2) is 0 Å². The first kappa shape index (κ1) is 10.5. The summed E-state index contributed by atoms with van der Waals surface area (Å²) < 4.78 is 5.05. The Morgan fingerprint density at radius 1 is 1.31 bits per heavy atom. The zero-order valence-electron chi connectivity index (χ0n) is 8.73. The van der Waals surface area contributed by atoms with E-state index in [1.807, 2.05) is 18.2 Å². The van der Waals surface area contributed by atoms with Crippen LogP contribution in [-0.2, 0) is 4.74 Å². The smallest absolute Gasteiger partial charge is 0.121 e. The Morgan fingerprint density at radius 2 is 2.06 bits per heavy atom. The molecule has 0 atom stereocenters. The lowest BCUT2D eigenvalue weighted by Crippen LogP contribution is -2.46. The molecule has 80 valence electrons. The van der Waals surface area contributed by atoms with E-state index in [1.54, 1.807) is 6.07 Å². The summed E-state index contributed by atoms with van der Waals surface area (Å²) >= 11 is 0. The first-order valence-corrected chi connectivity index (χ1v) is 5.02. The number of hydrogen-bond acceptors (Lipinski definition) is 4. The molecule has 1 aliphatic rings. The molecule has 1 aromatic rings. The van der Waals surface area contributed by atoms with Crippen LogP contribution in [0, 0.1) is 28.1 Å². The average molecular weight is 213 g/mol. The van der Waals surface area contributed by atoms with Crippen LogP contribution in [-0.4, -0.2) is 19.8 Å². The monoisotopic (exact) mass is 213 g/mol. The summed E-state index contributed by atoms with van der Waals surface area (Å²) in [5.74, 6) is 0. The van der Waals surface area contributed by atoms with Gasteiger partial charge in [0.25, 0.3) is 0 Å². The molecular weight excluding hydrogens is 202 g/mol. The number of para-hydroxylation sites is 1. The average Bonchev–Trinajstić information content (AvgIpc) is 2.29. The number of nitriles is 2. The van der Waals surface area contributed by atoms with Crippen molar-refractivity contribution in [3.8, 4) is 12.1 Å². The second-order valence-corrected chi connectivity index (χ2v) is 3.90. The third-order valence-electron chi connectivity index (χ3n) is 2.66. The van der Waals surface area contributed by atoms with Gasteiger partial charge in [0.05, 0.1) is 30.5 Å². The molecule has 1 fully saturated rings. The molecule has 4 heteroatoms. The van der Waals surface area contributed by atoms with E-state index in [9.17, 15) is 0 Å². The fraction of sp³-hybridized carbons (Fsp3) is 0.333. The van der Waals surface area contributed by atoms with Crippen LogP contribution in [0.3, 0.4) is 0 Å². The second kappa shape index (κ2) is 4.22. The molecule has 0 aromatic heterocycles. The number of rotatable bonds is 3. The highest BCUT2D eigenvalue weighted by atomic mass is 16.5. The standard InChI is InChI=1S/C12H11N3O/c13-5-10-3-1-2-4-11(10)15-7-12(6-14)8-16-9-12/h1-4,15H,7-9H2. The van der Waals surface area contributed by atoms with Gasteiger partial charge in [-0.25, -0.2) is 0 Å². The van der Waals surface area contributed by atoms with Crippen molar-refractivity contribution in [2.45, 2.75) is 0 Å². The number of anilines is 1. The zero-order chi connectivity index (χ0) is 11.4. The molecule has 0 radical (unpaired) electrons. The molecule has 1 aromatic carbocycles. The van der Waals surface area contributed by atoms with Gasteiger partial charge in [0, 0.05) is 6.54 Å². The molecule has 0 spiro atoms. The van der Waals surface area contributed by atoms with Gasteiger partial charge >= 0.3 is 0 Å². The van der Waals surface area contributed by atoms with Crippen LogP contribution < -0.4 is 5.32 Å². The van der Waals surface area contributed by atoms with E-state index in [4.69, 9.17) is 15.3 Å². The van der Waals surface area contributed by atoms with Crippen molar-refractivity contribution < 1.29 is 4.74 Å². The Morgan fingerprint density at radius 3 is 2.62 bits per heavy atom. The highest BCUT2D eigenvalue weighted by Crippen LogP contribution is 2.27. The van der Waals surface area contributed by atoms with E-state index < -0.39 is 5.41 Å². The van der Waals surface area contributed by atoms with Crippen molar-refractivity contribution in [2.24, 2.45) is 5.41 Å². The van der Waals surface area contributed by atoms with Crippen LogP contribution in [0.4, 0.5) is 5.69 Å². The fourth-order valence-electron chi connectivity index (χ4n) is 1.55. The normalized spacial score (nSPS) is 16.6. The summed E-state index contributed by atoms with van der Waals surface area (Å²) in [5, 5.41) is 21.0. The highest BCUT2D eigenvalue weighted by Gasteiger charge is 2.38. The molecule has 0 aliphatic carbocycles. The lowest BCUT2D eigenvalue weighted by molar-refractivity contribution is -0.0690. The molecule has 0 bridgehead atoms. The van der Waals surface area contributed by atoms with Gasteiger partial charge in [-0.3, -0.25) is 0 Å². The first-order valence-electron chi connectivity index (χ1n) is 5.02. The van der Waals surface area contributed by atoms with Gasteiger partial charge in [0.2, 0.25) is 0 Å². The summed E-state index contributed by atoms with van der Waals surface area (Å²) in [5.41, 5.74) is 0.935. The number of hydrogen-bond donors (Lipinski definition) is 1. The minimum Gasteiger partial charge on any atom is -0.382 e. The van der Waals surface area contributed by atoms with E-state index in [1.165, 1.54) is 0 Å². The van der Waals surface area contributed by atoms with Gasteiger partial charge in [-0.1, -0.05) is 12.1 Å². The lowest BCUT2D eigenvalue weighted by Gasteiger charge is -2.35. The van der Waals surface area contributed by atoms with Gasteiger partial charge in [-0.15, -0.1) is 0 Å². The molecule has 1 N–H and O–H groups in total. The minimum absolute atomic E-state index is 0.428. The Hall–Kier alpha value is -2.04. The van der Waals surface area contributed by atoms with Crippen molar-refractivity contribution in [1.82, 2.24) is 0 Å². The van der Waals surface area contributed by atoms with Crippen LogP contribution in [0.2, 0.25) is 0 Å². The van der Waals surface area contributed by atoms with Crippen molar-refractivity contribution in [3.63, 3.8) is 0 Å². The van der Waals surface area contributed by atoms with E-state index in [2.05, 4.69) is 17.5 Å². The minimum atomic E-state index is -0.428. The predicted molar refractivity (Wildman–Crippen MR) is 58.5 cm³/mol. The number of ether oxygens (including phenoxy) is 1. The van der Waals surface area contributed by atoms with Gasteiger partial charge in [0.1, 0.15) is 11.5 Å². The molecule has 1 saturated heterocycles. The van der Waals surface area contributed by atoms with Crippen molar-refractivity contribution in [1.29, 1.82) is 10.5 Å². The zero-order valence-corrected chi connectivity index (χ0v) is 8.73. The highest BCUT2D eigenvalue weighted by molar-refractivity contribution is 5.57. The maximum Gasteiger partial charge on any atom is 0.121 e. The molecule has 4 nitrogen and oxygen atoms in total. The quantitative estimate of drug-likeness (QED) is 0.826. The van der Waals surface area contributed by atoms with Crippen LogP contribution in [0.1, 0.15) is 5.56 Å². The van der Waals surface area contributed by atoms with Gasteiger partial charge < -0.3 is 10.1 Å². The Kier molecular flexibility index (Phi) is 2.76. The summed E-state index contributed by atoms with van der Waals surface area (Å²) in [7, 11) is 0. The van der Waals surface area contributed by atoms with Crippen LogP contribution >= 0.6 is 0 Å². The van der Waals surface area contributed by atoms with E-state index >= 15 is 0 Å². The molecule has 0 saturated carbocycles. The van der Waals surface area contributed by atoms with Gasteiger partial charge in [-0.2, -0.15) is 10.5 Å². The molecule has 0 unspecified atom stereocenters. The molecule has 1 aliphatic heterocycles. The third-order valence-corrected chi connectivity index (χ3v) is 2.66. The number of nitrogens with one attached hydrogen (secondary N) is 1. The molecule has 2 rings (SSSR count). The largest absolute Gasteiger partial charge is 0.382 e. The summed E-state index contributed by atoms with van der Waals surface area (Å²) in [6, 6.07) is 11.6. The summed E-state index contributed by atoms with van der Waals surface area (Å²) in [6.07, 6.45) is 0. The predicted octanol–water partition coefficient (Wildman–Crippen LogP) is 1.51. The van der Waals surface area contributed by atoms with Crippen molar-refractivity contribution in [2.75, 3.05) is 25.1 Å². The Labute approximate surface area is 94.1 Å². The number of benzene rings is 1. The topological polar surface area (TPSA) is 68.8 Å². The molecule has 0 amide bonds. The lowest BCUT2D eigenvalue weighted by atomic mass is 9.88. The van der Waals surface area contributed by atoms with E-state index in [0.29, 0.717) is 25.3 Å². The van der Waals surface area contributed by atoms with Gasteiger partial charge in [-0.05, 0) is 12.1 Å². The fourth-order valence-corrected chi connectivity index (χ4v) is 1.55. The van der Waals surface area contributed by atoms with Crippen LogP contribution in [0.25, 0.3) is 0 Å². The van der Waals surface area contributed by atoms with Crippen molar-refractivity contribution >= 4 is 5.69 Å². The summed E-state index contributed by atoms with van der Waals surface area (Å²) in [4.78, 5) is 0. The maximum atomic E-state index is 9.01. The Balaban J connectivity index is 2.06. The van der Waals surface area contributed by atoms with Crippen molar-refractivity contribution in [3.05, 3.63) is 29.8 Å². The summed E-state index contributed by atoms with van der Waals surface area (Å²) in [6.45, 7) is 1.44. The maximum absolute atomic E-state index is 9.01. The SMILES string of the molecule is N#Cc1ccccc1NCC1(C#N)COC1. The third kappa shape index (κ3) is 1.84. The van der Waals surface area contributed by atoms with E-state index in [0.717, 1.165) is 5.69 Å². The molecular formula is C12H11N3O. The molecule has 16 heavy (non-hydrogen) atoms.